The monoisotopic (exact) mass is 781 g/mol. The van der Waals surface area contributed by atoms with E-state index < -0.39 is 59.5 Å². The third-order valence-electron chi connectivity index (χ3n) is 9.26. The van der Waals surface area contributed by atoms with E-state index in [9.17, 15) is 29.1 Å². The summed E-state index contributed by atoms with van der Waals surface area (Å²) in [5.41, 5.74) is 1.90. The Morgan fingerprint density at radius 3 is 2.21 bits per heavy atom. The van der Waals surface area contributed by atoms with Crippen LogP contribution >= 0.6 is 0 Å². The number of likely N-dealkylation sites (N-methyl/N-ethyl adjacent to an activating group) is 1. The second-order valence-electron chi connectivity index (χ2n) is 15.1. The van der Waals surface area contributed by atoms with Crippen molar-refractivity contribution < 1.29 is 48.0 Å². The first kappa shape index (κ1) is 42.5. The lowest BCUT2D eigenvalue weighted by molar-refractivity contribution is -0.157. The maximum absolute atomic E-state index is 13.8. The maximum atomic E-state index is 13.8. The quantitative estimate of drug-likeness (QED) is 0.148. The zero-order chi connectivity index (χ0) is 41.2. The van der Waals surface area contributed by atoms with E-state index >= 15 is 0 Å². The molecule has 4 unspecified atom stereocenters. The molecule has 1 heterocycles. The van der Waals surface area contributed by atoms with Gasteiger partial charge in [-0.05, 0) is 57.0 Å². The highest BCUT2D eigenvalue weighted by atomic mass is 16.8. The largest absolute Gasteiger partial charge is 0.460 e. The molecule has 1 fully saturated rings. The van der Waals surface area contributed by atoms with Crippen LogP contribution < -0.4 is 10.6 Å². The van der Waals surface area contributed by atoms with Crippen molar-refractivity contribution in [3.63, 3.8) is 0 Å². The molecule has 0 spiro atoms. The summed E-state index contributed by atoms with van der Waals surface area (Å²) in [6.45, 7) is 4.87. The fraction of sp³-hybridized carbons (Fsp3) is 0.386. The molecule has 13 heteroatoms. The van der Waals surface area contributed by atoms with E-state index in [4.69, 9.17) is 18.9 Å². The Morgan fingerprint density at radius 1 is 0.930 bits per heavy atom. The average Bonchev–Trinajstić information content (AvgIpc) is 3.60. The number of hydrogen-bond donors (Lipinski definition) is 3. The van der Waals surface area contributed by atoms with E-state index in [1.165, 1.54) is 11.0 Å². The van der Waals surface area contributed by atoms with Crippen molar-refractivity contribution in [2.24, 2.45) is 0 Å². The van der Waals surface area contributed by atoms with Crippen molar-refractivity contribution in [3.05, 3.63) is 125 Å². The Labute approximate surface area is 333 Å². The zero-order valence-corrected chi connectivity index (χ0v) is 32.9. The number of fused-ring (bicyclic) bond motifs is 1. The fourth-order valence-electron chi connectivity index (χ4n) is 6.48. The van der Waals surface area contributed by atoms with Gasteiger partial charge in [-0.15, -0.1) is 0 Å². The van der Waals surface area contributed by atoms with Crippen LogP contribution in [0.5, 0.6) is 0 Å². The number of rotatable bonds is 15. The van der Waals surface area contributed by atoms with Gasteiger partial charge in [0.1, 0.15) is 23.9 Å². The number of ether oxygens (including phenoxy) is 4. The van der Waals surface area contributed by atoms with Crippen molar-refractivity contribution >= 4 is 35.7 Å². The van der Waals surface area contributed by atoms with E-state index in [1.54, 1.807) is 71.3 Å². The van der Waals surface area contributed by atoms with E-state index in [0.717, 1.165) is 0 Å². The van der Waals surface area contributed by atoms with E-state index in [-0.39, 0.29) is 55.9 Å². The van der Waals surface area contributed by atoms with Gasteiger partial charge in [0.25, 0.3) is 0 Å². The predicted octanol–water partition coefficient (Wildman–Crippen LogP) is 4.43. The number of nitrogens with one attached hydrogen (secondary N) is 2. The number of aliphatic hydroxyl groups is 1. The van der Waals surface area contributed by atoms with Crippen molar-refractivity contribution in [3.8, 4) is 0 Å². The van der Waals surface area contributed by atoms with Crippen LogP contribution in [0.2, 0.25) is 0 Å². The van der Waals surface area contributed by atoms with Gasteiger partial charge < -0.3 is 39.6 Å². The summed E-state index contributed by atoms with van der Waals surface area (Å²) in [5, 5.41) is 15.3. The number of nitrogens with zero attached hydrogens (tertiary/aromatic N) is 1. The second-order valence-corrected chi connectivity index (χ2v) is 15.1. The van der Waals surface area contributed by atoms with E-state index in [2.05, 4.69) is 10.6 Å². The molecule has 1 aliphatic carbocycles. The molecule has 3 aromatic rings. The van der Waals surface area contributed by atoms with Gasteiger partial charge in [0.05, 0.1) is 18.2 Å². The summed E-state index contributed by atoms with van der Waals surface area (Å²) in [7, 11) is 3.28. The summed E-state index contributed by atoms with van der Waals surface area (Å²) in [6.07, 6.45) is 2.19. The van der Waals surface area contributed by atoms with Gasteiger partial charge in [-0.25, -0.2) is 4.79 Å². The molecule has 0 aromatic heterocycles. The number of hydrogen-bond acceptors (Lipinski definition) is 10. The Bertz CT molecular complexity index is 1920. The Balaban J connectivity index is 1.32. The van der Waals surface area contributed by atoms with Gasteiger partial charge in [0.2, 0.25) is 23.5 Å². The van der Waals surface area contributed by atoms with Crippen LogP contribution in [0.3, 0.4) is 0 Å². The molecular formula is C44H51N3O10. The number of carbonyl (C=O) groups excluding carboxylic acids is 5. The molecule has 5 rings (SSSR count). The summed E-state index contributed by atoms with van der Waals surface area (Å²) in [5.74, 6) is -3.60. The molecular weight excluding hydrogens is 730 g/mol. The normalized spacial score (nSPS) is 19.1. The first-order chi connectivity index (χ1) is 27.2. The first-order valence-corrected chi connectivity index (χ1v) is 19.0. The molecule has 3 N–H and O–H groups in total. The second kappa shape index (κ2) is 19.0. The molecule has 57 heavy (non-hydrogen) atoms. The summed E-state index contributed by atoms with van der Waals surface area (Å²) < 4.78 is 25.0. The molecule has 1 saturated heterocycles. The molecule has 2 aliphatic rings. The van der Waals surface area contributed by atoms with Crippen molar-refractivity contribution in [2.75, 3.05) is 27.2 Å². The highest BCUT2D eigenvalue weighted by Crippen LogP contribution is 2.47. The number of carbonyl (C=O) groups is 5. The lowest BCUT2D eigenvalue weighted by Crippen LogP contribution is -2.44. The zero-order valence-electron chi connectivity index (χ0n) is 32.9. The Morgan fingerprint density at radius 2 is 1.60 bits per heavy atom. The van der Waals surface area contributed by atoms with Crippen LogP contribution in [0.15, 0.2) is 103 Å². The highest BCUT2D eigenvalue weighted by molar-refractivity contribution is 5.95. The number of benzene rings is 3. The van der Waals surface area contributed by atoms with Crippen molar-refractivity contribution in [1.29, 1.82) is 0 Å². The number of esters is 2. The van der Waals surface area contributed by atoms with E-state index in [0.29, 0.717) is 16.7 Å². The molecule has 1 aliphatic heterocycles. The van der Waals surface area contributed by atoms with Gasteiger partial charge in [-0.2, -0.15) is 0 Å². The predicted molar refractivity (Wildman–Crippen MR) is 211 cm³/mol. The third-order valence-corrected chi connectivity index (χ3v) is 9.26. The average molecular weight is 782 g/mol. The SMILES string of the molecule is CN(C)C(=O)C=Cc1cccc(C(=O)OC2CC(C(=O)NCCC(=O)NC(CO)CCC(=O)OC(C)(C)C)=CC3OC(c4ccccc4)(c4ccccc4)OC32)c1. The molecule has 0 bridgehead atoms. The van der Waals surface area contributed by atoms with Crippen LogP contribution in [0.4, 0.5) is 0 Å². The molecule has 3 aromatic carbocycles. The van der Waals surface area contributed by atoms with Crippen LogP contribution in [0.25, 0.3) is 6.08 Å². The molecule has 13 nitrogen and oxygen atoms in total. The van der Waals surface area contributed by atoms with Crippen LogP contribution in [0.1, 0.15) is 73.5 Å². The topological polar surface area (TPSA) is 170 Å². The lowest BCUT2D eigenvalue weighted by atomic mass is 9.91. The third kappa shape index (κ3) is 11.5. The van der Waals surface area contributed by atoms with Crippen LogP contribution in [0, 0.1) is 0 Å². The van der Waals surface area contributed by atoms with Crippen molar-refractivity contribution in [1.82, 2.24) is 15.5 Å². The molecule has 3 amide bonds. The maximum Gasteiger partial charge on any atom is 0.338 e. The fourth-order valence-corrected chi connectivity index (χ4v) is 6.48. The van der Waals surface area contributed by atoms with Gasteiger partial charge in [0.15, 0.2) is 0 Å². The first-order valence-electron chi connectivity index (χ1n) is 19.0. The van der Waals surface area contributed by atoms with Gasteiger partial charge in [0, 0.05) is 62.7 Å². The highest BCUT2D eigenvalue weighted by Gasteiger charge is 2.55. The number of aliphatic hydroxyl groups excluding tert-OH is 1. The Kier molecular flexibility index (Phi) is 14.2. The van der Waals surface area contributed by atoms with Crippen LogP contribution in [-0.2, 0) is 43.9 Å². The molecule has 0 saturated carbocycles. The summed E-state index contributed by atoms with van der Waals surface area (Å²) in [4.78, 5) is 65.9. The standard InChI is InChI=1S/C44H51N3O10/c1-43(2,3)56-39(51)22-20-34(28-48)46-37(49)23-24-45-41(52)31-26-35(54-42(53)30-14-12-13-29(25-30)19-21-38(50)47(4)5)40-36(27-31)55-44(57-40,32-15-8-6-9-16-32)33-17-10-7-11-18-33/h6-19,21,25,27,34-36,40,48H,20,22-24,26,28H2,1-5H3,(H,45,52)(H,46,49). The van der Waals surface area contributed by atoms with Gasteiger partial charge in [-0.3, -0.25) is 19.2 Å². The molecule has 4 atom stereocenters. The van der Waals surface area contributed by atoms with Gasteiger partial charge in [-0.1, -0.05) is 72.8 Å². The van der Waals surface area contributed by atoms with E-state index in [1.807, 2.05) is 60.7 Å². The molecule has 0 radical (unpaired) electrons. The van der Waals surface area contributed by atoms with Crippen molar-refractivity contribution in [2.45, 2.75) is 82.2 Å². The minimum Gasteiger partial charge on any atom is -0.460 e. The number of amides is 3. The molecule has 302 valence electrons. The van der Waals surface area contributed by atoms with Gasteiger partial charge >= 0.3 is 11.9 Å². The van der Waals surface area contributed by atoms with Crippen LogP contribution in [-0.4, -0.2) is 96.9 Å². The Hall–Kier alpha value is -5.63. The smallest absolute Gasteiger partial charge is 0.338 e. The lowest BCUT2D eigenvalue weighted by Gasteiger charge is -2.31. The minimum atomic E-state index is -1.39. The summed E-state index contributed by atoms with van der Waals surface area (Å²) in [6, 6.07) is 24.8. The minimum absolute atomic E-state index is 0.0118. The summed E-state index contributed by atoms with van der Waals surface area (Å²) >= 11 is 0.